The smallest absolute Gasteiger partial charge is 0.322 e. The van der Waals surface area contributed by atoms with Crippen LogP contribution in [-0.2, 0) is 0 Å². The van der Waals surface area contributed by atoms with E-state index in [0.29, 0.717) is 17.3 Å². The standard InChI is InChI=1S/C12H15ClN2O2/c1-2-7-15(8-9-16)12(17)14-11-5-3-10(13)4-6-11/h2-6,16H,1,7-9H2,(H,14,17). The van der Waals surface area contributed by atoms with Gasteiger partial charge in [0, 0.05) is 23.8 Å². The fourth-order valence-electron chi connectivity index (χ4n) is 1.29. The summed E-state index contributed by atoms with van der Waals surface area (Å²) in [6, 6.07) is 6.54. The van der Waals surface area contributed by atoms with E-state index in [-0.39, 0.29) is 19.2 Å². The number of hydrogen-bond acceptors (Lipinski definition) is 2. The van der Waals surface area contributed by atoms with Gasteiger partial charge < -0.3 is 15.3 Å². The summed E-state index contributed by atoms with van der Waals surface area (Å²) in [5.41, 5.74) is 0.659. The number of hydrogen-bond donors (Lipinski definition) is 2. The molecule has 0 saturated heterocycles. The van der Waals surface area contributed by atoms with Crippen LogP contribution in [0.5, 0.6) is 0 Å². The Labute approximate surface area is 106 Å². The van der Waals surface area contributed by atoms with Gasteiger partial charge in [-0.25, -0.2) is 4.79 Å². The van der Waals surface area contributed by atoms with Gasteiger partial charge in [-0.3, -0.25) is 0 Å². The van der Waals surface area contributed by atoms with Crippen LogP contribution in [-0.4, -0.2) is 35.7 Å². The van der Waals surface area contributed by atoms with Gasteiger partial charge in [0.05, 0.1) is 6.61 Å². The first-order valence-corrected chi connectivity index (χ1v) is 5.58. The number of rotatable bonds is 5. The number of carbonyl (C=O) groups is 1. The van der Waals surface area contributed by atoms with Crippen LogP contribution in [0.25, 0.3) is 0 Å². The number of carbonyl (C=O) groups excluding carboxylic acids is 1. The van der Waals surface area contributed by atoms with E-state index < -0.39 is 0 Å². The lowest BCUT2D eigenvalue weighted by molar-refractivity contribution is 0.195. The van der Waals surface area contributed by atoms with Crippen LogP contribution < -0.4 is 5.32 Å². The average Bonchev–Trinajstić information content (AvgIpc) is 2.32. The number of amides is 2. The van der Waals surface area contributed by atoms with Crippen LogP contribution in [0.15, 0.2) is 36.9 Å². The number of aliphatic hydroxyl groups is 1. The van der Waals surface area contributed by atoms with Crippen LogP contribution in [0.2, 0.25) is 5.02 Å². The quantitative estimate of drug-likeness (QED) is 0.793. The summed E-state index contributed by atoms with van der Waals surface area (Å²) in [4.78, 5) is 13.3. The maximum atomic E-state index is 11.8. The summed E-state index contributed by atoms with van der Waals surface area (Å²) in [6.45, 7) is 4.14. The Morgan fingerprint density at radius 1 is 1.47 bits per heavy atom. The molecule has 0 heterocycles. The van der Waals surface area contributed by atoms with E-state index in [2.05, 4.69) is 11.9 Å². The largest absolute Gasteiger partial charge is 0.395 e. The Balaban J connectivity index is 2.62. The molecule has 0 aromatic heterocycles. The lowest BCUT2D eigenvalue weighted by Crippen LogP contribution is -2.37. The number of aliphatic hydroxyl groups excluding tert-OH is 1. The highest BCUT2D eigenvalue weighted by atomic mass is 35.5. The number of nitrogens with zero attached hydrogens (tertiary/aromatic N) is 1. The van der Waals surface area contributed by atoms with Crippen LogP contribution in [0.4, 0.5) is 10.5 Å². The fourth-order valence-corrected chi connectivity index (χ4v) is 1.41. The summed E-state index contributed by atoms with van der Waals surface area (Å²) >= 11 is 5.74. The number of urea groups is 1. The third-order valence-corrected chi connectivity index (χ3v) is 2.35. The fraction of sp³-hybridized carbons (Fsp3) is 0.250. The van der Waals surface area contributed by atoms with Crippen molar-refractivity contribution in [2.24, 2.45) is 0 Å². The molecule has 17 heavy (non-hydrogen) atoms. The van der Waals surface area contributed by atoms with Gasteiger partial charge in [0.2, 0.25) is 0 Å². The van der Waals surface area contributed by atoms with E-state index in [1.165, 1.54) is 4.90 Å². The van der Waals surface area contributed by atoms with E-state index in [9.17, 15) is 4.79 Å². The van der Waals surface area contributed by atoms with Crippen molar-refractivity contribution in [3.63, 3.8) is 0 Å². The highest BCUT2D eigenvalue weighted by Gasteiger charge is 2.10. The van der Waals surface area contributed by atoms with Crippen molar-refractivity contribution in [3.05, 3.63) is 41.9 Å². The number of benzene rings is 1. The van der Waals surface area contributed by atoms with Crippen molar-refractivity contribution in [3.8, 4) is 0 Å². The minimum atomic E-state index is -0.277. The first kappa shape index (κ1) is 13.5. The van der Waals surface area contributed by atoms with Crippen LogP contribution in [0, 0.1) is 0 Å². The first-order chi connectivity index (χ1) is 8.17. The second-order valence-corrected chi connectivity index (χ2v) is 3.83. The summed E-state index contributed by atoms with van der Waals surface area (Å²) in [5, 5.41) is 12.2. The average molecular weight is 255 g/mol. The number of anilines is 1. The van der Waals surface area contributed by atoms with E-state index >= 15 is 0 Å². The molecule has 1 aromatic rings. The van der Waals surface area contributed by atoms with Crippen molar-refractivity contribution >= 4 is 23.3 Å². The predicted octanol–water partition coefficient (Wildman–Crippen LogP) is 2.35. The summed E-state index contributed by atoms with van der Waals surface area (Å²) in [6.07, 6.45) is 1.61. The van der Waals surface area contributed by atoms with Crippen LogP contribution >= 0.6 is 11.6 Å². The minimum Gasteiger partial charge on any atom is -0.395 e. The Kier molecular flexibility index (Phi) is 5.52. The van der Waals surface area contributed by atoms with E-state index in [0.717, 1.165) is 0 Å². The molecule has 1 aromatic carbocycles. The third-order valence-electron chi connectivity index (χ3n) is 2.10. The third kappa shape index (κ3) is 4.46. The Morgan fingerprint density at radius 2 is 2.12 bits per heavy atom. The highest BCUT2D eigenvalue weighted by molar-refractivity contribution is 6.30. The van der Waals surface area contributed by atoms with Gasteiger partial charge in [0.25, 0.3) is 0 Å². The van der Waals surface area contributed by atoms with Gasteiger partial charge in [0.15, 0.2) is 0 Å². The molecule has 0 radical (unpaired) electrons. The molecule has 2 N–H and O–H groups in total. The van der Waals surface area contributed by atoms with Gasteiger partial charge in [-0.05, 0) is 24.3 Å². The lowest BCUT2D eigenvalue weighted by atomic mass is 10.3. The maximum absolute atomic E-state index is 11.8. The molecule has 1 rings (SSSR count). The first-order valence-electron chi connectivity index (χ1n) is 5.20. The van der Waals surface area contributed by atoms with Crippen molar-refractivity contribution in [1.82, 2.24) is 4.90 Å². The van der Waals surface area contributed by atoms with Crippen LogP contribution in [0.1, 0.15) is 0 Å². The second-order valence-electron chi connectivity index (χ2n) is 3.40. The molecular formula is C12H15ClN2O2. The molecular weight excluding hydrogens is 240 g/mol. The van der Waals surface area contributed by atoms with Gasteiger partial charge >= 0.3 is 6.03 Å². The van der Waals surface area contributed by atoms with Crippen molar-refractivity contribution < 1.29 is 9.90 Å². The van der Waals surface area contributed by atoms with Gasteiger partial charge in [0.1, 0.15) is 0 Å². The lowest BCUT2D eigenvalue weighted by Gasteiger charge is -2.20. The Hall–Kier alpha value is -1.52. The van der Waals surface area contributed by atoms with Gasteiger partial charge in [-0.15, -0.1) is 6.58 Å². The van der Waals surface area contributed by atoms with Crippen molar-refractivity contribution in [2.75, 3.05) is 25.0 Å². The van der Waals surface area contributed by atoms with E-state index in [1.807, 2.05) is 0 Å². The molecule has 0 aliphatic carbocycles. The predicted molar refractivity (Wildman–Crippen MR) is 69.3 cm³/mol. The SMILES string of the molecule is C=CCN(CCO)C(=O)Nc1ccc(Cl)cc1. The molecule has 5 heteroatoms. The van der Waals surface area contributed by atoms with Gasteiger partial charge in [-0.1, -0.05) is 17.7 Å². The summed E-state index contributed by atoms with van der Waals surface area (Å²) in [5.74, 6) is 0. The zero-order valence-corrected chi connectivity index (χ0v) is 10.2. The molecule has 0 unspecified atom stereocenters. The zero-order valence-electron chi connectivity index (χ0n) is 9.40. The molecule has 0 saturated carbocycles. The molecule has 0 aliphatic heterocycles. The summed E-state index contributed by atoms with van der Waals surface area (Å²) < 4.78 is 0. The monoisotopic (exact) mass is 254 g/mol. The molecule has 4 nitrogen and oxygen atoms in total. The van der Waals surface area contributed by atoms with Crippen molar-refractivity contribution in [2.45, 2.75) is 0 Å². The molecule has 0 spiro atoms. The second kappa shape index (κ2) is 6.93. The molecule has 0 aliphatic rings. The van der Waals surface area contributed by atoms with Crippen LogP contribution in [0.3, 0.4) is 0 Å². The summed E-state index contributed by atoms with van der Waals surface area (Å²) in [7, 11) is 0. The van der Waals surface area contributed by atoms with E-state index in [1.54, 1.807) is 30.3 Å². The zero-order chi connectivity index (χ0) is 12.7. The minimum absolute atomic E-state index is 0.0815. The molecule has 0 fully saturated rings. The van der Waals surface area contributed by atoms with E-state index in [4.69, 9.17) is 16.7 Å². The highest BCUT2D eigenvalue weighted by Crippen LogP contribution is 2.13. The topological polar surface area (TPSA) is 52.6 Å². The Bertz CT molecular complexity index is 379. The number of nitrogens with one attached hydrogen (secondary N) is 1. The molecule has 92 valence electrons. The van der Waals surface area contributed by atoms with Gasteiger partial charge in [-0.2, -0.15) is 0 Å². The Morgan fingerprint density at radius 3 is 2.65 bits per heavy atom. The number of halogens is 1. The normalized spacial score (nSPS) is 9.76. The maximum Gasteiger partial charge on any atom is 0.322 e. The van der Waals surface area contributed by atoms with Crippen molar-refractivity contribution in [1.29, 1.82) is 0 Å². The molecule has 0 bridgehead atoms. The molecule has 2 amide bonds. The molecule has 0 atom stereocenters.